The van der Waals surface area contributed by atoms with Crippen molar-refractivity contribution in [3.8, 4) is 0 Å². The molecule has 2 aromatic rings. The van der Waals surface area contributed by atoms with Crippen LogP contribution in [0.25, 0.3) is 5.65 Å². The van der Waals surface area contributed by atoms with Crippen molar-refractivity contribution < 1.29 is 9.94 Å². The fourth-order valence-electron chi connectivity index (χ4n) is 1.53. The van der Waals surface area contributed by atoms with E-state index < -0.39 is 0 Å². The molecule has 3 N–H and O–H groups in total. The molecule has 0 fully saturated rings. The number of amidine groups is 1. The lowest BCUT2D eigenvalue weighted by Gasteiger charge is -1.98. The Hall–Kier alpha value is -2.08. The van der Waals surface area contributed by atoms with Crippen LogP contribution < -0.4 is 5.73 Å². The van der Waals surface area contributed by atoms with Crippen LogP contribution in [0.15, 0.2) is 29.7 Å². The zero-order valence-electron chi connectivity index (χ0n) is 9.50. The third-order valence-electron chi connectivity index (χ3n) is 2.36. The summed E-state index contributed by atoms with van der Waals surface area (Å²) in [7, 11) is 0. The van der Waals surface area contributed by atoms with Crippen molar-refractivity contribution in [1.82, 2.24) is 9.38 Å². The molecule has 0 aliphatic heterocycles. The van der Waals surface area contributed by atoms with E-state index in [0.29, 0.717) is 18.8 Å². The predicted octanol–water partition coefficient (Wildman–Crippen LogP) is 0.965. The molecule has 2 aromatic heterocycles. The van der Waals surface area contributed by atoms with Crippen molar-refractivity contribution in [2.45, 2.75) is 13.5 Å². The van der Waals surface area contributed by atoms with Gasteiger partial charge in [0.1, 0.15) is 5.65 Å². The fourth-order valence-corrected chi connectivity index (χ4v) is 1.53. The van der Waals surface area contributed by atoms with Crippen LogP contribution in [0, 0.1) is 0 Å². The summed E-state index contributed by atoms with van der Waals surface area (Å²) < 4.78 is 7.10. The van der Waals surface area contributed by atoms with Crippen LogP contribution in [-0.2, 0) is 11.3 Å². The quantitative estimate of drug-likeness (QED) is 0.357. The first-order valence-electron chi connectivity index (χ1n) is 5.28. The maximum absolute atomic E-state index is 8.60. The monoisotopic (exact) mass is 234 g/mol. The fraction of sp³-hybridized carbons (Fsp3) is 0.273. The van der Waals surface area contributed by atoms with E-state index >= 15 is 0 Å². The predicted molar refractivity (Wildman–Crippen MR) is 63.0 cm³/mol. The zero-order valence-corrected chi connectivity index (χ0v) is 9.50. The standard InChI is InChI=1S/C11H14N4O2/c1-2-17-7-9-6-15-5-8(11(12)14-16)3-4-10(15)13-9/h3-6,16H,2,7H2,1H3,(H2,12,14). The van der Waals surface area contributed by atoms with Crippen LogP contribution in [0.4, 0.5) is 0 Å². The summed E-state index contributed by atoms with van der Waals surface area (Å²) in [6.07, 6.45) is 3.62. The summed E-state index contributed by atoms with van der Waals surface area (Å²) >= 11 is 0. The number of fused-ring (bicyclic) bond motifs is 1. The van der Waals surface area contributed by atoms with Crippen molar-refractivity contribution in [2.75, 3.05) is 6.61 Å². The Bertz CT molecular complexity index is 547. The number of hydrogen-bond acceptors (Lipinski definition) is 4. The second kappa shape index (κ2) is 4.84. The van der Waals surface area contributed by atoms with Gasteiger partial charge in [0, 0.05) is 24.6 Å². The molecule has 90 valence electrons. The largest absolute Gasteiger partial charge is 0.409 e. The summed E-state index contributed by atoms with van der Waals surface area (Å²) in [5, 5.41) is 11.6. The first-order chi connectivity index (χ1) is 8.24. The lowest BCUT2D eigenvalue weighted by atomic mass is 10.2. The Kier molecular flexibility index (Phi) is 3.24. The lowest BCUT2D eigenvalue weighted by molar-refractivity contribution is 0.131. The van der Waals surface area contributed by atoms with Crippen LogP contribution >= 0.6 is 0 Å². The normalized spacial score (nSPS) is 12.2. The van der Waals surface area contributed by atoms with E-state index in [1.165, 1.54) is 0 Å². The number of hydrogen-bond donors (Lipinski definition) is 2. The molecule has 2 rings (SSSR count). The SMILES string of the molecule is CCOCc1cn2cc(C(N)=NO)ccc2n1. The Morgan fingerprint density at radius 2 is 2.35 bits per heavy atom. The van der Waals surface area contributed by atoms with E-state index in [-0.39, 0.29) is 5.84 Å². The number of nitrogens with two attached hydrogens (primary N) is 1. The van der Waals surface area contributed by atoms with Gasteiger partial charge in [0.05, 0.1) is 12.3 Å². The van der Waals surface area contributed by atoms with E-state index in [4.69, 9.17) is 15.7 Å². The smallest absolute Gasteiger partial charge is 0.171 e. The number of nitrogens with zero attached hydrogens (tertiary/aromatic N) is 3. The van der Waals surface area contributed by atoms with Gasteiger partial charge in [-0.3, -0.25) is 0 Å². The van der Waals surface area contributed by atoms with Gasteiger partial charge in [-0.15, -0.1) is 0 Å². The minimum absolute atomic E-state index is 0.0759. The zero-order chi connectivity index (χ0) is 12.3. The molecule has 17 heavy (non-hydrogen) atoms. The van der Waals surface area contributed by atoms with Crippen LogP contribution in [0.3, 0.4) is 0 Å². The number of pyridine rings is 1. The van der Waals surface area contributed by atoms with Crippen LogP contribution in [-0.4, -0.2) is 27.0 Å². The lowest BCUT2D eigenvalue weighted by Crippen LogP contribution is -2.13. The first kappa shape index (κ1) is 11.4. The number of rotatable bonds is 4. The molecular formula is C11H14N4O2. The maximum atomic E-state index is 8.60. The van der Waals surface area contributed by atoms with Crippen molar-refractivity contribution in [1.29, 1.82) is 0 Å². The van der Waals surface area contributed by atoms with Gasteiger partial charge < -0.3 is 20.1 Å². The van der Waals surface area contributed by atoms with Gasteiger partial charge in [0.15, 0.2) is 5.84 Å². The van der Waals surface area contributed by atoms with Gasteiger partial charge in [-0.25, -0.2) is 4.98 Å². The molecule has 0 amide bonds. The average Bonchev–Trinajstić information content (AvgIpc) is 2.76. The number of aromatic nitrogens is 2. The Morgan fingerprint density at radius 3 is 3.06 bits per heavy atom. The second-order valence-electron chi connectivity index (χ2n) is 3.54. The molecule has 0 radical (unpaired) electrons. The highest BCUT2D eigenvalue weighted by Gasteiger charge is 2.04. The minimum Gasteiger partial charge on any atom is -0.409 e. The summed E-state index contributed by atoms with van der Waals surface area (Å²) in [5.41, 5.74) is 7.80. The summed E-state index contributed by atoms with van der Waals surface area (Å²) in [4.78, 5) is 4.37. The van der Waals surface area contributed by atoms with Crippen molar-refractivity contribution >= 4 is 11.5 Å². The summed E-state index contributed by atoms with van der Waals surface area (Å²) in [5.74, 6) is 0.0759. The van der Waals surface area contributed by atoms with E-state index in [0.717, 1.165) is 11.3 Å². The Morgan fingerprint density at radius 1 is 1.53 bits per heavy atom. The van der Waals surface area contributed by atoms with Crippen LogP contribution in [0.1, 0.15) is 18.2 Å². The van der Waals surface area contributed by atoms with E-state index in [1.54, 1.807) is 12.3 Å². The number of ether oxygens (including phenoxy) is 1. The summed E-state index contributed by atoms with van der Waals surface area (Å²) in [6.45, 7) is 3.08. The molecule has 6 nitrogen and oxygen atoms in total. The minimum atomic E-state index is 0.0759. The molecule has 6 heteroatoms. The topological polar surface area (TPSA) is 85.1 Å². The molecule has 0 saturated heterocycles. The molecule has 0 unspecified atom stereocenters. The van der Waals surface area contributed by atoms with Gasteiger partial charge in [0.2, 0.25) is 0 Å². The van der Waals surface area contributed by atoms with Gasteiger partial charge >= 0.3 is 0 Å². The molecule has 2 heterocycles. The molecule has 0 aromatic carbocycles. The molecule has 0 aliphatic carbocycles. The molecule has 0 spiro atoms. The molecule has 0 atom stereocenters. The van der Waals surface area contributed by atoms with Crippen LogP contribution in [0.5, 0.6) is 0 Å². The number of oxime groups is 1. The van der Waals surface area contributed by atoms with Gasteiger partial charge in [-0.2, -0.15) is 0 Å². The highest BCUT2D eigenvalue weighted by atomic mass is 16.5. The van der Waals surface area contributed by atoms with E-state index in [1.807, 2.05) is 23.6 Å². The highest BCUT2D eigenvalue weighted by Crippen LogP contribution is 2.08. The molecule has 0 aliphatic rings. The Labute approximate surface area is 98.3 Å². The van der Waals surface area contributed by atoms with Crippen molar-refractivity contribution in [3.05, 3.63) is 35.8 Å². The van der Waals surface area contributed by atoms with E-state index in [2.05, 4.69) is 10.1 Å². The molecular weight excluding hydrogens is 220 g/mol. The third kappa shape index (κ3) is 2.36. The second-order valence-corrected chi connectivity index (χ2v) is 3.54. The number of imidazole rings is 1. The van der Waals surface area contributed by atoms with Gasteiger partial charge in [-0.05, 0) is 19.1 Å². The van der Waals surface area contributed by atoms with Gasteiger partial charge in [0.25, 0.3) is 0 Å². The van der Waals surface area contributed by atoms with Crippen molar-refractivity contribution in [3.63, 3.8) is 0 Å². The van der Waals surface area contributed by atoms with Crippen molar-refractivity contribution in [2.24, 2.45) is 10.9 Å². The third-order valence-corrected chi connectivity index (χ3v) is 2.36. The Balaban J connectivity index is 2.34. The summed E-state index contributed by atoms with van der Waals surface area (Å²) in [6, 6.07) is 3.56. The molecule has 0 bridgehead atoms. The average molecular weight is 234 g/mol. The van der Waals surface area contributed by atoms with Gasteiger partial charge in [-0.1, -0.05) is 5.16 Å². The van der Waals surface area contributed by atoms with Crippen LogP contribution in [0.2, 0.25) is 0 Å². The highest BCUT2D eigenvalue weighted by molar-refractivity contribution is 5.96. The maximum Gasteiger partial charge on any atom is 0.171 e. The first-order valence-corrected chi connectivity index (χ1v) is 5.28. The van der Waals surface area contributed by atoms with E-state index in [9.17, 15) is 0 Å². The molecule has 0 saturated carbocycles.